The maximum absolute atomic E-state index is 12.5. The first kappa shape index (κ1) is 23.8. The second-order valence-corrected chi connectivity index (χ2v) is 8.45. The molecule has 8 nitrogen and oxygen atoms in total. The summed E-state index contributed by atoms with van der Waals surface area (Å²) in [4.78, 5) is 32.8. The van der Waals surface area contributed by atoms with Crippen molar-refractivity contribution in [1.29, 1.82) is 0 Å². The van der Waals surface area contributed by atoms with E-state index in [0.29, 0.717) is 28.8 Å². The molecule has 1 fully saturated rings. The number of aromatic nitrogens is 1. The van der Waals surface area contributed by atoms with Gasteiger partial charge in [0.2, 0.25) is 11.8 Å². The van der Waals surface area contributed by atoms with Crippen LogP contribution >= 0.6 is 11.6 Å². The van der Waals surface area contributed by atoms with E-state index in [-0.39, 0.29) is 24.8 Å². The van der Waals surface area contributed by atoms with Gasteiger partial charge in [0, 0.05) is 49.9 Å². The Morgan fingerprint density at radius 3 is 2.59 bits per heavy atom. The van der Waals surface area contributed by atoms with Gasteiger partial charge in [-0.3, -0.25) is 9.59 Å². The van der Waals surface area contributed by atoms with E-state index < -0.39 is 0 Å². The monoisotopic (exact) mass is 482 g/mol. The van der Waals surface area contributed by atoms with E-state index in [4.69, 9.17) is 20.8 Å². The quantitative estimate of drug-likeness (QED) is 0.524. The highest BCUT2D eigenvalue weighted by molar-refractivity contribution is 6.33. The number of hydrogen-bond donors (Lipinski definition) is 1. The number of hydrogen-bond acceptors (Lipinski definition) is 6. The fourth-order valence-corrected chi connectivity index (χ4v) is 3.93. The molecule has 1 saturated heterocycles. The van der Waals surface area contributed by atoms with Gasteiger partial charge in [-0.2, -0.15) is 0 Å². The Bertz CT molecular complexity index is 1130. The van der Waals surface area contributed by atoms with Gasteiger partial charge in [0.15, 0.2) is 11.7 Å². The summed E-state index contributed by atoms with van der Waals surface area (Å²) in [6.07, 6.45) is 2.11. The molecule has 34 heavy (non-hydrogen) atoms. The molecule has 2 heterocycles. The average molecular weight is 483 g/mol. The Hall–Kier alpha value is -3.36. The number of carbonyl (C=O) groups excluding carboxylic acids is 2. The standard InChI is InChI=1S/C25H27ClN4O4/c1-29(17-23(31)28-18-6-8-19(9-7-18)30-12-14-33-15-13-30)25(32)11-10-24-27-16-22(34-24)20-4-2-3-5-21(20)26/h2-9,16H,10-15,17H2,1H3,(H,28,31). The Labute approximate surface area is 203 Å². The van der Waals surface area contributed by atoms with Gasteiger partial charge in [0.1, 0.15) is 0 Å². The first-order valence-corrected chi connectivity index (χ1v) is 11.5. The van der Waals surface area contributed by atoms with Gasteiger partial charge >= 0.3 is 0 Å². The van der Waals surface area contributed by atoms with Crippen LogP contribution in [0.25, 0.3) is 11.3 Å². The van der Waals surface area contributed by atoms with Gasteiger partial charge < -0.3 is 24.3 Å². The van der Waals surface area contributed by atoms with Crippen molar-refractivity contribution in [3.05, 3.63) is 65.6 Å². The molecule has 1 aromatic heterocycles. The number of aryl methyl sites for hydroxylation is 1. The highest BCUT2D eigenvalue weighted by atomic mass is 35.5. The summed E-state index contributed by atoms with van der Waals surface area (Å²) in [6.45, 7) is 3.11. The number of oxazole rings is 1. The Morgan fingerprint density at radius 1 is 1.12 bits per heavy atom. The van der Waals surface area contributed by atoms with Gasteiger partial charge in [-0.25, -0.2) is 4.98 Å². The van der Waals surface area contributed by atoms with Gasteiger partial charge in [-0.15, -0.1) is 0 Å². The van der Waals surface area contributed by atoms with Crippen LogP contribution in [0.3, 0.4) is 0 Å². The molecular weight excluding hydrogens is 456 g/mol. The normalized spacial score (nSPS) is 13.5. The number of likely N-dealkylation sites (N-methyl/N-ethyl adjacent to an activating group) is 1. The maximum atomic E-state index is 12.5. The third kappa shape index (κ3) is 6.15. The molecule has 0 spiro atoms. The number of nitrogens with one attached hydrogen (secondary N) is 1. The second kappa shape index (κ2) is 11.2. The number of rotatable bonds is 8. The van der Waals surface area contributed by atoms with Gasteiger partial charge in [0.25, 0.3) is 0 Å². The topological polar surface area (TPSA) is 87.9 Å². The van der Waals surface area contributed by atoms with Crippen LogP contribution in [0.1, 0.15) is 12.3 Å². The molecule has 0 saturated carbocycles. The predicted molar refractivity (Wildman–Crippen MR) is 131 cm³/mol. The van der Waals surface area contributed by atoms with Gasteiger partial charge in [-0.1, -0.05) is 23.7 Å². The average Bonchev–Trinajstić information content (AvgIpc) is 3.32. The van der Waals surface area contributed by atoms with Crippen molar-refractivity contribution >= 4 is 34.8 Å². The summed E-state index contributed by atoms with van der Waals surface area (Å²) in [5.74, 6) is 0.573. The predicted octanol–water partition coefficient (Wildman–Crippen LogP) is 3.86. The number of nitrogens with zero attached hydrogens (tertiary/aromatic N) is 3. The summed E-state index contributed by atoms with van der Waals surface area (Å²) < 4.78 is 11.1. The SMILES string of the molecule is CN(CC(=O)Nc1ccc(N2CCOCC2)cc1)C(=O)CCc1ncc(-c2ccccc2Cl)o1. The third-order valence-corrected chi connectivity index (χ3v) is 5.91. The molecule has 1 aliphatic heterocycles. The zero-order valence-corrected chi connectivity index (χ0v) is 19.8. The van der Waals surface area contributed by atoms with Crippen LogP contribution in [0.2, 0.25) is 5.02 Å². The van der Waals surface area contributed by atoms with Crippen LogP contribution in [0.15, 0.2) is 59.1 Å². The van der Waals surface area contributed by atoms with Crippen LogP contribution < -0.4 is 10.2 Å². The molecule has 2 amide bonds. The van der Waals surface area contributed by atoms with Crippen LogP contribution in [0, 0.1) is 0 Å². The number of amides is 2. The molecule has 4 rings (SSSR count). The van der Waals surface area contributed by atoms with Crippen molar-refractivity contribution in [2.75, 3.05) is 50.1 Å². The number of benzene rings is 2. The van der Waals surface area contributed by atoms with Gasteiger partial charge in [0.05, 0.1) is 31.0 Å². The van der Waals surface area contributed by atoms with Crippen molar-refractivity contribution in [3.63, 3.8) is 0 Å². The molecule has 0 bridgehead atoms. The Morgan fingerprint density at radius 2 is 1.85 bits per heavy atom. The lowest BCUT2D eigenvalue weighted by atomic mass is 10.2. The van der Waals surface area contributed by atoms with Crippen LogP contribution in [0.4, 0.5) is 11.4 Å². The first-order valence-electron chi connectivity index (χ1n) is 11.2. The highest BCUT2D eigenvalue weighted by Gasteiger charge is 2.16. The van der Waals surface area contributed by atoms with E-state index in [1.807, 2.05) is 42.5 Å². The summed E-state index contributed by atoms with van der Waals surface area (Å²) in [6, 6.07) is 15.0. The lowest BCUT2D eigenvalue weighted by molar-refractivity contribution is -0.133. The van der Waals surface area contributed by atoms with Gasteiger partial charge in [-0.05, 0) is 36.4 Å². The number of halogens is 1. The Kier molecular flexibility index (Phi) is 7.82. The van der Waals surface area contributed by atoms with E-state index in [9.17, 15) is 9.59 Å². The Balaban J connectivity index is 1.23. The zero-order valence-electron chi connectivity index (χ0n) is 19.0. The van der Waals surface area contributed by atoms with Crippen molar-refractivity contribution in [1.82, 2.24) is 9.88 Å². The minimum atomic E-state index is -0.257. The summed E-state index contributed by atoms with van der Waals surface area (Å²) in [7, 11) is 1.61. The van der Waals surface area contributed by atoms with Crippen LogP contribution in [-0.4, -0.2) is 61.6 Å². The zero-order chi connectivity index (χ0) is 23.9. The smallest absolute Gasteiger partial charge is 0.243 e. The van der Waals surface area contributed by atoms with Crippen molar-refractivity contribution in [2.24, 2.45) is 0 Å². The van der Waals surface area contributed by atoms with Crippen LogP contribution in [0.5, 0.6) is 0 Å². The number of anilines is 2. The van der Waals surface area contributed by atoms with Crippen molar-refractivity contribution < 1.29 is 18.7 Å². The summed E-state index contributed by atoms with van der Waals surface area (Å²) >= 11 is 6.19. The minimum absolute atomic E-state index is 0.0412. The fraction of sp³-hybridized carbons (Fsp3) is 0.320. The fourth-order valence-electron chi connectivity index (χ4n) is 3.70. The molecule has 0 radical (unpaired) electrons. The third-order valence-electron chi connectivity index (χ3n) is 5.58. The van der Waals surface area contributed by atoms with E-state index in [0.717, 1.165) is 37.6 Å². The number of ether oxygens (including phenoxy) is 1. The first-order chi connectivity index (χ1) is 16.5. The lowest BCUT2D eigenvalue weighted by Gasteiger charge is -2.28. The van der Waals surface area contributed by atoms with Crippen LogP contribution in [-0.2, 0) is 20.7 Å². The largest absolute Gasteiger partial charge is 0.441 e. The molecule has 3 aromatic rings. The van der Waals surface area contributed by atoms with Crippen molar-refractivity contribution in [3.8, 4) is 11.3 Å². The second-order valence-electron chi connectivity index (χ2n) is 8.04. The molecule has 1 aliphatic rings. The molecule has 1 N–H and O–H groups in total. The molecule has 0 unspecified atom stereocenters. The number of carbonyl (C=O) groups is 2. The minimum Gasteiger partial charge on any atom is -0.441 e. The van der Waals surface area contributed by atoms with E-state index in [1.165, 1.54) is 4.90 Å². The van der Waals surface area contributed by atoms with E-state index in [2.05, 4.69) is 15.2 Å². The lowest BCUT2D eigenvalue weighted by Crippen LogP contribution is -2.36. The molecule has 0 aliphatic carbocycles. The molecule has 178 valence electrons. The maximum Gasteiger partial charge on any atom is 0.243 e. The molecular formula is C25H27ClN4O4. The molecule has 0 atom stereocenters. The van der Waals surface area contributed by atoms with E-state index >= 15 is 0 Å². The summed E-state index contributed by atoms with van der Waals surface area (Å²) in [5.41, 5.74) is 2.54. The molecule has 9 heteroatoms. The summed E-state index contributed by atoms with van der Waals surface area (Å²) in [5, 5.41) is 3.41. The van der Waals surface area contributed by atoms with Crippen molar-refractivity contribution in [2.45, 2.75) is 12.8 Å². The van der Waals surface area contributed by atoms with E-state index in [1.54, 1.807) is 19.3 Å². The molecule has 2 aromatic carbocycles. The number of morpholine rings is 1. The highest BCUT2D eigenvalue weighted by Crippen LogP contribution is 2.28.